The largest absolute Gasteiger partial charge is 0.246 e. The number of rotatable bonds is 2. The van der Waals surface area contributed by atoms with Crippen LogP contribution in [0.4, 0.5) is 4.39 Å². The van der Waals surface area contributed by atoms with Gasteiger partial charge in [-0.2, -0.15) is 0 Å². The number of hydrogen-bond acceptors (Lipinski definition) is 0. The minimum absolute atomic E-state index is 0.276. The molecule has 0 atom stereocenters. The summed E-state index contributed by atoms with van der Waals surface area (Å²) in [6.07, 6.45) is 5.97. The third kappa shape index (κ3) is 4.25. The Kier molecular flexibility index (Phi) is 6.56. The first-order valence-electron chi connectivity index (χ1n) is 5.18. The van der Waals surface area contributed by atoms with Gasteiger partial charge in [-0.3, -0.25) is 0 Å². The van der Waals surface area contributed by atoms with Crippen LogP contribution >= 0.6 is 0 Å². The zero-order valence-electron chi connectivity index (χ0n) is 9.23. The zero-order valence-corrected chi connectivity index (χ0v) is 9.23. The molecule has 1 rings (SSSR count). The van der Waals surface area contributed by atoms with Gasteiger partial charge in [0.25, 0.3) is 0 Å². The van der Waals surface area contributed by atoms with Crippen molar-refractivity contribution in [2.45, 2.75) is 40.5 Å². The van der Waals surface area contributed by atoms with E-state index in [0.29, 0.717) is 5.92 Å². The third-order valence-electron chi connectivity index (χ3n) is 2.18. The van der Waals surface area contributed by atoms with Gasteiger partial charge in [-0.15, -0.1) is 0 Å². The molecule has 1 aliphatic rings. The number of halogens is 1. The van der Waals surface area contributed by atoms with Crippen LogP contribution in [0.2, 0.25) is 0 Å². The zero-order chi connectivity index (χ0) is 10.3. The molecule has 0 aromatic carbocycles. The molecule has 13 heavy (non-hydrogen) atoms. The summed E-state index contributed by atoms with van der Waals surface area (Å²) < 4.78 is 12.1. The number of hydrogen-bond donors (Lipinski definition) is 0. The molecule has 0 amide bonds. The Labute approximate surface area is 81.5 Å². The van der Waals surface area contributed by atoms with Gasteiger partial charge in [0, 0.05) is 0 Å². The Bertz CT molecular complexity index is 187. The molecule has 0 spiro atoms. The van der Waals surface area contributed by atoms with E-state index in [2.05, 4.69) is 19.9 Å². The molecular weight excluding hydrogens is 163 g/mol. The molecule has 0 radical (unpaired) electrons. The van der Waals surface area contributed by atoms with Gasteiger partial charge in [-0.05, 0) is 24.3 Å². The van der Waals surface area contributed by atoms with Crippen molar-refractivity contribution >= 4 is 0 Å². The molecule has 0 nitrogen and oxygen atoms in total. The second-order valence-electron chi connectivity index (χ2n) is 3.35. The maximum Gasteiger partial charge on any atom is 0.111 e. The van der Waals surface area contributed by atoms with Gasteiger partial charge in [0.05, 0.1) is 0 Å². The van der Waals surface area contributed by atoms with Gasteiger partial charge < -0.3 is 0 Å². The van der Waals surface area contributed by atoms with Crippen LogP contribution in [0.3, 0.4) is 0 Å². The Balaban J connectivity index is 0.000000671. The van der Waals surface area contributed by atoms with Crippen LogP contribution in [0.5, 0.6) is 0 Å². The highest BCUT2D eigenvalue weighted by Crippen LogP contribution is 2.23. The lowest BCUT2D eigenvalue weighted by molar-refractivity contribution is 0.526. The summed E-state index contributed by atoms with van der Waals surface area (Å²) in [4.78, 5) is 0. The smallest absolute Gasteiger partial charge is 0.111 e. The average molecular weight is 184 g/mol. The van der Waals surface area contributed by atoms with Crippen LogP contribution in [0.1, 0.15) is 40.5 Å². The van der Waals surface area contributed by atoms with E-state index in [1.165, 1.54) is 5.57 Å². The van der Waals surface area contributed by atoms with Gasteiger partial charge >= 0.3 is 0 Å². The van der Waals surface area contributed by atoms with E-state index in [-0.39, 0.29) is 6.67 Å². The van der Waals surface area contributed by atoms with Gasteiger partial charge in [0.15, 0.2) is 0 Å². The van der Waals surface area contributed by atoms with Crippen molar-refractivity contribution in [3.63, 3.8) is 0 Å². The SMILES string of the molecule is CC.CC(C)C1=CC=C(CF)CC1. The average Bonchev–Trinajstić information content (AvgIpc) is 2.21. The summed E-state index contributed by atoms with van der Waals surface area (Å²) >= 11 is 0. The fourth-order valence-electron chi connectivity index (χ4n) is 1.29. The lowest BCUT2D eigenvalue weighted by Crippen LogP contribution is -2.00. The molecule has 0 heterocycles. The fourth-order valence-corrected chi connectivity index (χ4v) is 1.29. The van der Waals surface area contributed by atoms with Gasteiger partial charge in [-0.1, -0.05) is 45.4 Å². The minimum atomic E-state index is -0.276. The first-order chi connectivity index (χ1) is 6.24. The Morgan fingerprint density at radius 2 is 1.85 bits per heavy atom. The van der Waals surface area contributed by atoms with Crippen LogP contribution in [0, 0.1) is 5.92 Å². The van der Waals surface area contributed by atoms with Crippen molar-refractivity contribution in [1.29, 1.82) is 0 Å². The normalized spacial score (nSPS) is 15.8. The van der Waals surface area contributed by atoms with E-state index in [1.54, 1.807) is 0 Å². The van der Waals surface area contributed by atoms with Crippen molar-refractivity contribution in [2.24, 2.45) is 5.92 Å². The first kappa shape index (κ1) is 12.4. The predicted octanol–water partition coefficient (Wildman–Crippen LogP) is 4.28. The molecule has 0 aliphatic heterocycles. The number of allylic oxidation sites excluding steroid dienone is 4. The van der Waals surface area contributed by atoms with Crippen LogP contribution in [0.25, 0.3) is 0 Å². The maximum atomic E-state index is 12.1. The molecule has 0 N–H and O–H groups in total. The molecular formula is C12H21F. The molecule has 0 bridgehead atoms. The van der Waals surface area contributed by atoms with Crippen LogP contribution in [-0.2, 0) is 0 Å². The molecule has 76 valence electrons. The van der Waals surface area contributed by atoms with Crippen LogP contribution < -0.4 is 0 Å². The van der Waals surface area contributed by atoms with Crippen LogP contribution in [-0.4, -0.2) is 6.67 Å². The second kappa shape index (κ2) is 6.88. The van der Waals surface area contributed by atoms with Crippen LogP contribution in [0.15, 0.2) is 23.3 Å². The minimum Gasteiger partial charge on any atom is -0.246 e. The van der Waals surface area contributed by atoms with Gasteiger partial charge in [-0.25, -0.2) is 4.39 Å². The lowest BCUT2D eigenvalue weighted by atomic mass is 9.92. The maximum absolute atomic E-state index is 12.1. The molecule has 0 unspecified atom stereocenters. The van der Waals surface area contributed by atoms with E-state index in [4.69, 9.17) is 0 Å². The van der Waals surface area contributed by atoms with Crippen molar-refractivity contribution in [2.75, 3.05) is 6.67 Å². The molecule has 1 heteroatoms. The van der Waals surface area contributed by atoms with E-state index in [0.717, 1.165) is 18.4 Å². The molecule has 0 aromatic rings. The molecule has 1 aliphatic carbocycles. The van der Waals surface area contributed by atoms with Crippen molar-refractivity contribution < 1.29 is 4.39 Å². The second-order valence-corrected chi connectivity index (χ2v) is 3.35. The summed E-state index contributed by atoms with van der Waals surface area (Å²) in [6, 6.07) is 0. The fraction of sp³-hybridized carbons (Fsp3) is 0.667. The highest BCUT2D eigenvalue weighted by atomic mass is 19.1. The Morgan fingerprint density at radius 1 is 1.23 bits per heavy atom. The van der Waals surface area contributed by atoms with E-state index < -0.39 is 0 Å². The van der Waals surface area contributed by atoms with Gasteiger partial charge in [0.1, 0.15) is 6.67 Å². The number of alkyl halides is 1. The molecule has 0 saturated heterocycles. The third-order valence-corrected chi connectivity index (χ3v) is 2.18. The van der Waals surface area contributed by atoms with E-state index >= 15 is 0 Å². The topological polar surface area (TPSA) is 0 Å². The summed E-state index contributed by atoms with van der Waals surface area (Å²) in [6.45, 7) is 8.09. The Morgan fingerprint density at radius 3 is 2.15 bits per heavy atom. The van der Waals surface area contributed by atoms with Crippen molar-refractivity contribution in [3.05, 3.63) is 23.3 Å². The summed E-state index contributed by atoms with van der Waals surface area (Å²) in [5, 5.41) is 0. The quantitative estimate of drug-likeness (QED) is 0.600. The van der Waals surface area contributed by atoms with Gasteiger partial charge in [0.2, 0.25) is 0 Å². The Hall–Kier alpha value is -0.590. The standard InChI is InChI=1S/C10H15F.C2H6/c1-8(2)10-5-3-9(7-11)4-6-10;1-2/h3,5,8H,4,6-7H2,1-2H3;1-2H3. The summed E-state index contributed by atoms with van der Waals surface area (Å²) in [7, 11) is 0. The predicted molar refractivity (Wildman–Crippen MR) is 57.6 cm³/mol. The summed E-state index contributed by atoms with van der Waals surface area (Å²) in [5.41, 5.74) is 2.39. The molecule has 0 saturated carbocycles. The first-order valence-corrected chi connectivity index (χ1v) is 5.18. The molecule has 0 fully saturated rings. The molecule has 0 aromatic heterocycles. The van der Waals surface area contributed by atoms with E-state index in [1.807, 2.05) is 19.9 Å². The monoisotopic (exact) mass is 184 g/mol. The highest BCUT2D eigenvalue weighted by Gasteiger charge is 2.08. The van der Waals surface area contributed by atoms with Crippen molar-refractivity contribution in [3.8, 4) is 0 Å². The van der Waals surface area contributed by atoms with E-state index in [9.17, 15) is 4.39 Å². The lowest BCUT2D eigenvalue weighted by Gasteiger charge is -2.15. The van der Waals surface area contributed by atoms with Crippen molar-refractivity contribution in [1.82, 2.24) is 0 Å². The highest BCUT2D eigenvalue weighted by molar-refractivity contribution is 5.25. The summed E-state index contributed by atoms with van der Waals surface area (Å²) in [5.74, 6) is 0.618.